The first-order valence-electron chi connectivity index (χ1n) is 11.0. The smallest absolute Gasteiger partial charge is 0.209 e. The van der Waals surface area contributed by atoms with E-state index < -0.39 is 10.0 Å². The van der Waals surface area contributed by atoms with Gasteiger partial charge in [-0.05, 0) is 56.1 Å². The van der Waals surface area contributed by atoms with Crippen LogP contribution in [-0.2, 0) is 14.8 Å². The van der Waals surface area contributed by atoms with Gasteiger partial charge in [0.15, 0.2) is 0 Å². The summed E-state index contributed by atoms with van der Waals surface area (Å²) in [4.78, 5) is 2.37. The van der Waals surface area contributed by atoms with Crippen molar-refractivity contribution in [3.8, 4) is 5.75 Å². The van der Waals surface area contributed by atoms with E-state index >= 15 is 0 Å². The monoisotopic (exact) mass is 422 g/mol. The van der Waals surface area contributed by atoms with Gasteiger partial charge in [-0.3, -0.25) is 4.90 Å². The van der Waals surface area contributed by atoms with E-state index in [-0.39, 0.29) is 24.3 Å². The average Bonchev–Trinajstić information content (AvgIpc) is 3.06. The molecule has 3 heterocycles. The van der Waals surface area contributed by atoms with Crippen LogP contribution in [0.1, 0.15) is 56.9 Å². The molecule has 1 saturated heterocycles. The molecule has 5 rings (SSSR count). The van der Waals surface area contributed by atoms with Gasteiger partial charge >= 0.3 is 0 Å². The highest BCUT2D eigenvalue weighted by atomic mass is 32.2. The summed E-state index contributed by atoms with van der Waals surface area (Å²) in [6, 6.07) is 8.45. The second-order valence-electron chi connectivity index (χ2n) is 8.84. The van der Waals surface area contributed by atoms with Crippen LogP contribution in [0.15, 0.2) is 24.3 Å². The van der Waals surface area contributed by atoms with Gasteiger partial charge in [0, 0.05) is 25.2 Å². The third-order valence-electron chi connectivity index (χ3n) is 6.75. The Labute approximate surface area is 175 Å². The van der Waals surface area contributed by atoms with E-state index in [0.29, 0.717) is 12.5 Å². The topological polar surface area (TPSA) is 67.9 Å². The quantitative estimate of drug-likeness (QED) is 0.811. The van der Waals surface area contributed by atoms with Crippen molar-refractivity contribution in [1.29, 1.82) is 0 Å². The van der Waals surface area contributed by atoms with Crippen LogP contribution in [-0.4, -0.2) is 63.6 Å². The summed E-state index contributed by atoms with van der Waals surface area (Å²) < 4.78 is 39.5. The molecule has 4 aliphatic rings. The van der Waals surface area contributed by atoms with Crippen molar-refractivity contribution >= 4 is 10.0 Å². The number of rotatable bonds is 3. The molecule has 2 unspecified atom stereocenters. The molecule has 0 amide bonds. The molecule has 0 aromatic heterocycles. The summed E-state index contributed by atoms with van der Waals surface area (Å²) in [5, 5.41) is 0. The normalized spacial score (nSPS) is 33.7. The molecular weight excluding hydrogens is 388 g/mol. The van der Waals surface area contributed by atoms with E-state index in [9.17, 15) is 8.42 Å². The molecule has 1 aromatic carbocycles. The third kappa shape index (κ3) is 5.13. The standard InChI is InChI=1S/C22H34N2O4S/c1-3-17-14-24-13-12-20(23-29(2,25)26)21(24)15-27-18-10-8-16(9-11-18)19-6-4-5-7-22(19)28-17/h4-7,16-18,20-21,23H,3,8-15H2,1-2H3/t16?,17?,18?,20?,21-/m0/s1. The summed E-state index contributed by atoms with van der Waals surface area (Å²) in [5.74, 6) is 1.55. The molecule has 7 heteroatoms. The van der Waals surface area contributed by atoms with E-state index in [0.717, 1.165) is 57.4 Å². The molecule has 3 aliphatic heterocycles. The van der Waals surface area contributed by atoms with Crippen LogP contribution in [0.5, 0.6) is 5.75 Å². The molecule has 162 valence electrons. The Morgan fingerprint density at radius 2 is 1.90 bits per heavy atom. The summed E-state index contributed by atoms with van der Waals surface area (Å²) in [5.41, 5.74) is 1.33. The maximum atomic E-state index is 11.9. The largest absolute Gasteiger partial charge is 0.489 e. The molecule has 3 atom stereocenters. The van der Waals surface area contributed by atoms with Crippen LogP contribution in [0.4, 0.5) is 0 Å². The van der Waals surface area contributed by atoms with Gasteiger partial charge in [-0.2, -0.15) is 0 Å². The molecule has 0 spiro atoms. The Hall–Kier alpha value is -1.15. The van der Waals surface area contributed by atoms with E-state index in [4.69, 9.17) is 9.47 Å². The minimum atomic E-state index is -3.25. The second kappa shape index (κ2) is 8.92. The SMILES string of the molecule is CCC1CN2CCC(NS(C)(=O)=O)[C@@H]2COC2CCC(CC2)c2ccccc2O1. The lowest BCUT2D eigenvalue weighted by Crippen LogP contribution is -2.49. The van der Waals surface area contributed by atoms with Crippen molar-refractivity contribution in [2.75, 3.05) is 26.0 Å². The van der Waals surface area contributed by atoms with Crippen molar-refractivity contribution in [3.63, 3.8) is 0 Å². The van der Waals surface area contributed by atoms with E-state index in [2.05, 4.69) is 40.8 Å². The van der Waals surface area contributed by atoms with E-state index in [1.165, 1.54) is 11.8 Å². The lowest BCUT2D eigenvalue weighted by molar-refractivity contribution is -0.00971. The predicted octanol–water partition coefficient (Wildman–Crippen LogP) is 2.89. The Kier molecular flexibility index (Phi) is 6.49. The van der Waals surface area contributed by atoms with Crippen molar-refractivity contribution in [2.24, 2.45) is 0 Å². The lowest BCUT2D eigenvalue weighted by atomic mass is 9.82. The Balaban J connectivity index is 1.60. The number of para-hydroxylation sites is 1. The average molecular weight is 423 g/mol. The molecule has 1 saturated carbocycles. The second-order valence-corrected chi connectivity index (χ2v) is 10.6. The minimum Gasteiger partial charge on any atom is -0.489 e. The zero-order valence-electron chi connectivity index (χ0n) is 17.5. The molecule has 6 nitrogen and oxygen atoms in total. The van der Waals surface area contributed by atoms with Gasteiger partial charge in [0.2, 0.25) is 10.0 Å². The molecule has 1 aromatic rings. The Bertz CT molecular complexity index is 792. The highest BCUT2D eigenvalue weighted by Crippen LogP contribution is 2.39. The minimum absolute atomic E-state index is 0.0519. The number of nitrogens with zero attached hydrogens (tertiary/aromatic N) is 1. The lowest BCUT2D eigenvalue weighted by Gasteiger charge is -2.32. The molecule has 2 bridgehead atoms. The first kappa shape index (κ1) is 21.1. The fourth-order valence-electron chi connectivity index (χ4n) is 5.17. The van der Waals surface area contributed by atoms with Gasteiger partial charge < -0.3 is 9.47 Å². The van der Waals surface area contributed by atoms with Crippen molar-refractivity contribution in [2.45, 2.75) is 75.7 Å². The van der Waals surface area contributed by atoms with Gasteiger partial charge in [-0.25, -0.2) is 13.1 Å². The molecule has 29 heavy (non-hydrogen) atoms. The maximum absolute atomic E-state index is 11.9. The number of nitrogens with one attached hydrogen (secondary N) is 1. The predicted molar refractivity (Wildman–Crippen MR) is 114 cm³/mol. The van der Waals surface area contributed by atoms with Crippen LogP contribution in [0.25, 0.3) is 0 Å². The molecule has 2 fully saturated rings. The first-order chi connectivity index (χ1) is 13.9. The summed E-state index contributed by atoms with van der Waals surface area (Å²) in [7, 11) is -3.25. The highest BCUT2D eigenvalue weighted by molar-refractivity contribution is 7.88. The van der Waals surface area contributed by atoms with Gasteiger partial charge in [0.25, 0.3) is 0 Å². The van der Waals surface area contributed by atoms with Gasteiger partial charge in [-0.1, -0.05) is 25.1 Å². The van der Waals surface area contributed by atoms with Crippen LogP contribution in [0.3, 0.4) is 0 Å². The van der Waals surface area contributed by atoms with Crippen LogP contribution >= 0.6 is 0 Å². The molecular formula is C22H34N2O4S. The fraction of sp³-hybridized carbons (Fsp3) is 0.727. The van der Waals surface area contributed by atoms with Crippen molar-refractivity contribution < 1.29 is 17.9 Å². The molecule has 1 aliphatic carbocycles. The third-order valence-corrected chi connectivity index (χ3v) is 7.48. The van der Waals surface area contributed by atoms with Crippen LogP contribution in [0, 0.1) is 0 Å². The van der Waals surface area contributed by atoms with Gasteiger partial charge in [0.1, 0.15) is 11.9 Å². The van der Waals surface area contributed by atoms with Gasteiger partial charge in [0.05, 0.1) is 19.0 Å². The number of sulfonamides is 1. The number of hydrogen-bond donors (Lipinski definition) is 1. The summed E-state index contributed by atoms with van der Waals surface area (Å²) >= 11 is 0. The van der Waals surface area contributed by atoms with Crippen molar-refractivity contribution in [3.05, 3.63) is 29.8 Å². The molecule has 1 N–H and O–H groups in total. The highest BCUT2D eigenvalue weighted by Gasteiger charge is 2.38. The molecule has 0 radical (unpaired) electrons. The maximum Gasteiger partial charge on any atom is 0.209 e. The van der Waals surface area contributed by atoms with Crippen LogP contribution in [0.2, 0.25) is 0 Å². The van der Waals surface area contributed by atoms with Gasteiger partial charge in [-0.15, -0.1) is 0 Å². The zero-order chi connectivity index (χ0) is 20.4. The fourth-order valence-corrected chi connectivity index (χ4v) is 5.99. The van der Waals surface area contributed by atoms with E-state index in [1.54, 1.807) is 0 Å². The Morgan fingerprint density at radius 3 is 2.62 bits per heavy atom. The number of ether oxygens (including phenoxy) is 2. The summed E-state index contributed by atoms with van der Waals surface area (Å²) in [6.45, 7) is 4.38. The van der Waals surface area contributed by atoms with Crippen LogP contribution < -0.4 is 9.46 Å². The zero-order valence-corrected chi connectivity index (χ0v) is 18.4. The number of fused-ring (bicyclic) bond motifs is 5. The van der Waals surface area contributed by atoms with Crippen molar-refractivity contribution in [1.82, 2.24) is 9.62 Å². The number of hydrogen-bond acceptors (Lipinski definition) is 5. The number of benzene rings is 1. The first-order valence-corrected chi connectivity index (χ1v) is 12.9. The Morgan fingerprint density at radius 1 is 1.14 bits per heavy atom. The summed E-state index contributed by atoms with van der Waals surface area (Å²) in [6.07, 6.45) is 7.63. The van der Waals surface area contributed by atoms with E-state index in [1.807, 2.05) is 0 Å².